The van der Waals surface area contributed by atoms with Crippen LogP contribution in [0.5, 0.6) is 0 Å². The van der Waals surface area contributed by atoms with Crippen molar-refractivity contribution in [3.63, 3.8) is 0 Å². The number of carbonyl (C=O) groups is 3. The first kappa shape index (κ1) is 15.8. The molecular weight excluding hydrogens is 284 g/mol. The number of nitrogens with one attached hydrogen (secondary N) is 3. The van der Waals surface area contributed by atoms with Crippen molar-refractivity contribution in [3.8, 4) is 0 Å². The van der Waals surface area contributed by atoms with Crippen molar-refractivity contribution in [2.24, 2.45) is 0 Å². The Labute approximate surface area is 129 Å². The molecule has 0 radical (unpaired) electrons. The molecule has 1 heterocycles. The number of piperidine rings is 1. The fourth-order valence-electron chi connectivity index (χ4n) is 2.23. The summed E-state index contributed by atoms with van der Waals surface area (Å²) < 4.78 is 0. The summed E-state index contributed by atoms with van der Waals surface area (Å²) in [6.45, 7) is 0.721. The van der Waals surface area contributed by atoms with Gasteiger partial charge in [-0.25, -0.2) is 4.79 Å². The summed E-state index contributed by atoms with van der Waals surface area (Å²) in [5.41, 5.74) is 1.25. The number of urea groups is 1. The topological polar surface area (TPSA) is 90.5 Å². The second-order valence-electron chi connectivity index (χ2n) is 5.10. The van der Waals surface area contributed by atoms with E-state index in [-0.39, 0.29) is 24.4 Å². The number of hydrogen-bond donors (Lipinski definition) is 3. The second kappa shape index (κ2) is 7.44. The van der Waals surface area contributed by atoms with E-state index in [1.54, 1.807) is 29.2 Å². The minimum atomic E-state index is -0.305. The van der Waals surface area contributed by atoms with Crippen molar-refractivity contribution >= 4 is 29.2 Å². The molecule has 0 atom stereocenters. The van der Waals surface area contributed by atoms with Crippen molar-refractivity contribution in [1.82, 2.24) is 10.2 Å². The summed E-state index contributed by atoms with van der Waals surface area (Å²) in [5, 5.41) is 7.82. The fourth-order valence-corrected chi connectivity index (χ4v) is 2.23. The number of benzene rings is 1. The van der Waals surface area contributed by atoms with Gasteiger partial charge < -0.3 is 20.9 Å². The van der Waals surface area contributed by atoms with E-state index in [4.69, 9.17) is 0 Å². The maximum atomic E-state index is 12.0. The van der Waals surface area contributed by atoms with Crippen LogP contribution < -0.4 is 16.0 Å². The molecule has 0 bridgehead atoms. The number of carbonyl (C=O) groups excluding carboxylic acids is 3. The molecular formula is C15H20N4O3. The molecule has 1 aliphatic heterocycles. The van der Waals surface area contributed by atoms with Gasteiger partial charge >= 0.3 is 6.03 Å². The molecule has 0 aliphatic carbocycles. The zero-order valence-electron chi connectivity index (χ0n) is 12.5. The molecule has 1 aliphatic rings. The van der Waals surface area contributed by atoms with Crippen molar-refractivity contribution in [3.05, 3.63) is 24.3 Å². The van der Waals surface area contributed by atoms with Crippen LogP contribution in [0.25, 0.3) is 0 Å². The predicted octanol–water partition coefficient (Wildman–Crippen LogP) is 1.39. The molecule has 0 aromatic heterocycles. The smallest absolute Gasteiger partial charge is 0.318 e. The average molecular weight is 304 g/mol. The van der Waals surface area contributed by atoms with Crippen LogP contribution in [0.4, 0.5) is 16.2 Å². The molecule has 1 fully saturated rings. The van der Waals surface area contributed by atoms with Gasteiger partial charge in [0.05, 0.1) is 6.54 Å². The Morgan fingerprint density at radius 2 is 1.73 bits per heavy atom. The largest absolute Gasteiger partial charge is 0.341 e. The number of rotatable bonds is 4. The Bertz CT molecular complexity index is 556. The lowest BCUT2D eigenvalue weighted by atomic mass is 10.1. The van der Waals surface area contributed by atoms with Gasteiger partial charge in [0, 0.05) is 31.4 Å². The molecule has 1 aromatic carbocycles. The van der Waals surface area contributed by atoms with Gasteiger partial charge in [-0.3, -0.25) is 9.59 Å². The van der Waals surface area contributed by atoms with Gasteiger partial charge in [0.2, 0.25) is 11.8 Å². The van der Waals surface area contributed by atoms with E-state index >= 15 is 0 Å². The predicted molar refractivity (Wildman–Crippen MR) is 83.6 cm³/mol. The van der Waals surface area contributed by atoms with E-state index in [1.807, 2.05) is 0 Å². The molecule has 1 aromatic rings. The highest BCUT2D eigenvalue weighted by Crippen LogP contribution is 2.14. The van der Waals surface area contributed by atoms with Crippen LogP contribution in [0.2, 0.25) is 0 Å². The number of amides is 4. The van der Waals surface area contributed by atoms with Gasteiger partial charge in [0.1, 0.15) is 0 Å². The van der Waals surface area contributed by atoms with Gasteiger partial charge in [-0.05, 0) is 37.1 Å². The molecule has 3 N–H and O–H groups in total. The second-order valence-corrected chi connectivity index (χ2v) is 5.10. The molecule has 118 valence electrons. The molecule has 0 saturated carbocycles. The maximum absolute atomic E-state index is 12.0. The lowest BCUT2D eigenvalue weighted by molar-refractivity contribution is -0.136. The zero-order valence-corrected chi connectivity index (χ0v) is 12.5. The third-order valence-electron chi connectivity index (χ3n) is 3.41. The highest BCUT2D eigenvalue weighted by Gasteiger charge is 2.20. The van der Waals surface area contributed by atoms with Crippen LogP contribution >= 0.6 is 0 Å². The van der Waals surface area contributed by atoms with Crippen molar-refractivity contribution in [2.45, 2.75) is 19.3 Å². The van der Waals surface area contributed by atoms with Crippen LogP contribution in [-0.2, 0) is 9.59 Å². The highest BCUT2D eigenvalue weighted by atomic mass is 16.2. The Kier molecular flexibility index (Phi) is 5.35. The van der Waals surface area contributed by atoms with Gasteiger partial charge in [0.25, 0.3) is 0 Å². The maximum Gasteiger partial charge on any atom is 0.318 e. The Morgan fingerprint density at radius 3 is 2.32 bits per heavy atom. The lowest BCUT2D eigenvalue weighted by Crippen LogP contribution is -2.40. The first-order chi connectivity index (χ1) is 10.6. The molecule has 22 heavy (non-hydrogen) atoms. The number of nitrogens with zero attached hydrogens (tertiary/aromatic N) is 1. The summed E-state index contributed by atoms with van der Waals surface area (Å²) in [7, 11) is 1.53. The third kappa shape index (κ3) is 4.47. The highest BCUT2D eigenvalue weighted by molar-refractivity contribution is 5.95. The molecule has 7 nitrogen and oxygen atoms in total. The van der Waals surface area contributed by atoms with E-state index < -0.39 is 0 Å². The standard InChI is InChI=1S/C15H20N4O3/c1-16-15(22)18-12-7-5-11(6-8-12)17-13(20)10-19-9-3-2-4-14(19)21/h5-8H,2-4,9-10H2,1H3,(H,17,20)(H2,16,18,22). The molecule has 2 rings (SSSR count). The van der Waals surface area contributed by atoms with E-state index in [2.05, 4.69) is 16.0 Å². The average Bonchev–Trinajstić information content (AvgIpc) is 2.51. The zero-order chi connectivity index (χ0) is 15.9. The van der Waals surface area contributed by atoms with Crippen LogP contribution in [0.3, 0.4) is 0 Å². The van der Waals surface area contributed by atoms with Crippen LogP contribution in [0.15, 0.2) is 24.3 Å². The molecule has 4 amide bonds. The summed E-state index contributed by atoms with van der Waals surface area (Å²) in [5.74, 6) is -0.186. The normalized spacial score (nSPS) is 14.4. The quantitative estimate of drug-likeness (QED) is 0.785. The molecule has 1 saturated heterocycles. The van der Waals surface area contributed by atoms with Gasteiger partial charge in [0.15, 0.2) is 0 Å². The van der Waals surface area contributed by atoms with E-state index in [9.17, 15) is 14.4 Å². The Balaban J connectivity index is 1.86. The van der Waals surface area contributed by atoms with Crippen molar-refractivity contribution in [1.29, 1.82) is 0 Å². The summed E-state index contributed by atoms with van der Waals surface area (Å²) in [6.07, 6.45) is 2.36. The minimum absolute atomic E-state index is 0.0338. The van der Waals surface area contributed by atoms with Gasteiger partial charge in [-0.2, -0.15) is 0 Å². The van der Waals surface area contributed by atoms with E-state index in [0.717, 1.165) is 12.8 Å². The Hall–Kier alpha value is -2.57. The number of likely N-dealkylation sites (tertiary alicyclic amines) is 1. The van der Waals surface area contributed by atoms with E-state index in [0.29, 0.717) is 24.3 Å². The number of hydrogen-bond acceptors (Lipinski definition) is 3. The van der Waals surface area contributed by atoms with Crippen molar-refractivity contribution < 1.29 is 14.4 Å². The summed E-state index contributed by atoms with van der Waals surface area (Å²) >= 11 is 0. The lowest BCUT2D eigenvalue weighted by Gasteiger charge is -2.25. The molecule has 0 unspecified atom stereocenters. The van der Waals surface area contributed by atoms with Crippen LogP contribution in [0, 0.1) is 0 Å². The molecule has 0 spiro atoms. The van der Waals surface area contributed by atoms with Gasteiger partial charge in [-0.15, -0.1) is 0 Å². The van der Waals surface area contributed by atoms with E-state index in [1.165, 1.54) is 7.05 Å². The fraction of sp³-hybridized carbons (Fsp3) is 0.400. The van der Waals surface area contributed by atoms with Crippen LogP contribution in [0.1, 0.15) is 19.3 Å². The van der Waals surface area contributed by atoms with Gasteiger partial charge in [-0.1, -0.05) is 0 Å². The monoisotopic (exact) mass is 304 g/mol. The minimum Gasteiger partial charge on any atom is -0.341 e. The SMILES string of the molecule is CNC(=O)Nc1ccc(NC(=O)CN2CCCCC2=O)cc1. The number of anilines is 2. The Morgan fingerprint density at radius 1 is 1.09 bits per heavy atom. The van der Waals surface area contributed by atoms with Crippen LogP contribution in [-0.4, -0.2) is 42.9 Å². The summed E-state index contributed by atoms with van der Waals surface area (Å²) in [4.78, 5) is 36.4. The summed E-state index contributed by atoms with van der Waals surface area (Å²) in [6, 6.07) is 6.47. The third-order valence-corrected chi connectivity index (χ3v) is 3.41. The first-order valence-corrected chi connectivity index (χ1v) is 7.25. The first-order valence-electron chi connectivity index (χ1n) is 7.25. The van der Waals surface area contributed by atoms with Crippen molar-refractivity contribution in [2.75, 3.05) is 30.8 Å². The molecule has 7 heteroatoms.